The number of fused-ring (bicyclic) bond motifs is 1. The molecule has 0 aliphatic carbocycles. The molecule has 1 aromatic rings. The minimum absolute atomic E-state index is 0.121. The molecule has 0 amide bonds. The maximum absolute atomic E-state index is 13.8. The van der Waals surface area contributed by atoms with Gasteiger partial charge in [0.05, 0.1) is 12.4 Å². The van der Waals surface area contributed by atoms with E-state index in [1.807, 2.05) is 0 Å². The molecule has 0 aromatic heterocycles. The highest BCUT2D eigenvalue weighted by Gasteiger charge is 2.32. The molecule has 1 heterocycles. The Kier molecular flexibility index (Phi) is 3.18. The molecule has 0 radical (unpaired) electrons. The summed E-state index contributed by atoms with van der Waals surface area (Å²) < 4.78 is 18.7. The van der Waals surface area contributed by atoms with Gasteiger partial charge in [-0.25, -0.2) is 4.39 Å². The highest BCUT2D eigenvalue weighted by Crippen LogP contribution is 2.24. The van der Waals surface area contributed by atoms with Gasteiger partial charge < -0.3 is 14.8 Å². The normalized spacial score (nSPS) is 14.0. The van der Waals surface area contributed by atoms with Crippen LogP contribution in [0.2, 0.25) is 0 Å². The van der Waals surface area contributed by atoms with Gasteiger partial charge in [0.2, 0.25) is 0 Å². The number of carbonyl (C=O) groups is 1. The van der Waals surface area contributed by atoms with Crippen LogP contribution in [0.4, 0.5) is 4.39 Å². The Bertz CT molecular complexity index is 440. The second kappa shape index (κ2) is 4.44. The molecule has 7 heteroatoms. The van der Waals surface area contributed by atoms with Crippen molar-refractivity contribution in [3.8, 4) is 0 Å². The minimum Gasteiger partial charge on any atom is -0.481 e. The lowest BCUT2D eigenvalue weighted by molar-refractivity contribution is -0.133. The molecule has 0 atom stereocenters. The molecule has 0 saturated carbocycles. The Morgan fingerprint density at radius 2 is 2.38 bits per heavy atom. The topological polar surface area (TPSA) is 66.8 Å². The van der Waals surface area contributed by atoms with Gasteiger partial charge in [0.25, 0.3) is 0 Å². The van der Waals surface area contributed by atoms with E-state index in [1.54, 1.807) is 6.07 Å². The molecule has 1 aliphatic rings. The number of hydrogen-bond acceptors (Lipinski definition) is 4. The maximum atomic E-state index is 13.8. The number of rotatable bonds is 3. The molecule has 0 saturated heterocycles. The Labute approximate surface area is 95.6 Å². The van der Waals surface area contributed by atoms with Gasteiger partial charge >= 0.3 is 13.1 Å². The molecule has 0 spiro atoms. The summed E-state index contributed by atoms with van der Waals surface area (Å²) in [6.45, 7) is 0.178. The van der Waals surface area contributed by atoms with Crippen LogP contribution in [0.3, 0.4) is 0 Å². The van der Waals surface area contributed by atoms with Gasteiger partial charge in [-0.1, -0.05) is 6.07 Å². The van der Waals surface area contributed by atoms with Crippen LogP contribution in [-0.4, -0.2) is 29.0 Å². The van der Waals surface area contributed by atoms with E-state index in [0.29, 0.717) is 5.56 Å². The van der Waals surface area contributed by atoms with Crippen LogP contribution in [0, 0.1) is 5.82 Å². The monoisotopic (exact) mass is 242 g/mol. The smallest absolute Gasteiger partial charge is 0.481 e. The summed E-state index contributed by atoms with van der Waals surface area (Å²) in [7, 11) is -1.25. The molecule has 2 N–H and O–H groups in total. The molecule has 4 nitrogen and oxygen atoms in total. The average molecular weight is 242 g/mol. The fourth-order valence-corrected chi connectivity index (χ4v) is 2.19. The van der Waals surface area contributed by atoms with Crippen molar-refractivity contribution in [3.05, 3.63) is 23.5 Å². The lowest BCUT2D eigenvalue weighted by Crippen LogP contribution is -2.31. The largest absolute Gasteiger partial charge is 0.494 e. The number of aliphatic carboxylic acids is 1. The second-order valence-corrected chi connectivity index (χ2v) is 4.31. The highest BCUT2D eigenvalue weighted by atomic mass is 32.2. The van der Waals surface area contributed by atoms with Gasteiger partial charge in [-0.3, -0.25) is 4.79 Å². The van der Waals surface area contributed by atoms with Gasteiger partial charge in [0.1, 0.15) is 5.82 Å². The summed E-state index contributed by atoms with van der Waals surface area (Å²) in [5.41, 5.74) is 0.722. The van der Waals surface area contributed by atoms with Crippen LogP contribution >= 0.6 is 11.8 Å². The molecule has 2 rings (SSSR count). The first-order valence-corrected chi connectivity index (χ1v) is 5.53. The predicted octanol–water partition coefficient (Wildman–Crippen LogP) is 0.220. The van der Waals surface area contributed by atoms with Crippen LogP contribution < -0.4 is 5.46 Å². The summed E-state index contributed by atoms with van der Waals surface area (Å²) in [5, 5.41) is 17.9. The standard InChI is InChI=1S/C9H8BFO4S/c11-9-6(16-4-7(12)13)2-1-5-3-15-10(14)8(5)9/h1-2,14H,3-4H2,(H,12,13). The summed E-state index contributed by atoms with van der Waals surface area (Å²) in [6.07, 6.45) is 0. The van der Waals surface area contributed by atoms with E-state index in [0.717, 1.165) is 11.8 Å². The van der Waals surface area contributed by atoms with Crippen LogP contribution in [0.5, 0.6) is 0 Å². The van der Waals surface area contributed by atoms with Crippen molar-refractivity contribution in [2.45, 2.75) is 11.5 Å². The van der Waals surface area contributed by atoms with Crippen molar-refractivity contribution >= 4 is 30.3 Å². The first kappa shape index (κ1) is 11.4. The van der Waals surface area contributed by atoms with Crippen molar-refractivity contribution in [3.63, 3.8) is 0 Å². The van der Waals surface area contributed by atoms with E-state index in [-0.39, 0.29) is 22.7 Å². The highest BCUT2D eigenvalue weighted by molar-refractivity contribution is 8.00. The van der Waals surface area contributed by atoms with Gasteiger partial charge in [-0.05, 0) is 11.6 Å². The Hall–Kier alpha value is -1.05. The van der Waals surface area contributed by atoms with E-state index in [4.69, 9.17) is 9.76 Å². The van der Waals surface area contributed by atoms with Crippen molar-refractivity contribution in [1.82, 2.24) is 0 Å². The fourth-order valence-electron chi connectivity index (χ4n) is 1.51. The Morgan fingerprint density at radius 3 is 3.06 bits per heavy atom. The zero-order valence-electron chi connectivity index (χ0n) is 8.14. The number of halogens is 1. The summed E-state index contributed by atoms with van der Waals surface area (Å²) in [5.74, 6) is -1.82. The molecule has 1 aliphatic heterocycles. The molecular formula is C9H8BFO4S. The fraction of sp³-hybridized carbons (Fsp3) is 0.222. The lowest BCUT2D eigenvalue weighted by atomic mass is 9.79. The van der Waals surface area contributed by atoms with Crippen LogP contribution in [0.1, 0.15) is 5.56 Å². The molecule has 84 valence electrons. The molecule has 0 fully saturated rings. The summed E-state index contributed by atoms with van der Waals surface area (Å²) in [4.78, 5) is 10.6. The van der Waals surface area contributed by atoms with E-state index >= 15 is 0 Å². The molecule has 16 heavy (non-hydrogen) atoms. The van der Waals surface area contributed by atoms with Gasteiger partial charge in [-0.2, -0.15) is 0 Å². The first-order chi connectivity index (χ1) is 7.59. The van der Waals surface area contributed by atoms with Crippen LogP contribution in [0.15, 0.2) is 17.0 Å². The predicted molar refractivity (Wildman–Crippen MR) is 57.2 cm³/mol. The summed E-state index contributed by atoms with van der Waals surface area (Å²) in [6, 6.07) is 3.14. The third-order valence-electron chi connectivity index (χ3n) is 2.23. The Morgan fingerprint density at radius 1 is 1.62 bits per heavy atom. The van der Waals surface area contributed by atoms with Gasteiger partial charge in [-0.15, -0.1) is 11.8 Å². The lowest BCUT2D eigenvalue weighted by Gasteiger charge is -2.05. The number of carboxylic acid groups (broad SMARTS) is 1. The van der Waals surface area contributed by atoms with Crippen LogP contribution in [0.25, 0.3) is 0 Å². The molecule has 0 unspecified atom stereocenters. The van der Waals surface area contributed by atoms with Gasteiger partial charge in [0, 0.05) is 10.4 Å². The quantitative estimate of drug-likeness (QED) is 0.586. The zero-order valence-corrected chi connectivity index (χ0v) is 8.96. The maximum Gasteiger partial charge on any atom is 0.494 e. The third kappa shape index (κ3) is 2.06. The SMILES string of the molecule is O=C(O)CSc1ccc2c(c1F)B(O)OC2. The summed E-state index contributed by atoms with van der Waals surface area (Å²) >= 11 is 0.882. The van der Waals surface area contributed by atoms with Crippen molar-refractivity contribution in [2.24, 2.45) is 0 Å². The van der Waals surface area contributed by atoms with E-state index < -0.39 is 18.9 Å². The average Bonchev–Trinajstić information content (AvgIpc) is 2.60. The van der Waals surface area contributed by atoms with E-state index in [9.17, 15) is 14.2 Å². The Balaban J connectivity index is 2.28. The number of hydrogen-bond donors (Lipinski definition) is 2. The molecule has 0 bridgehead atoms. The van der Waals surface area contributed by atoms with Crippen LogP contribution in [-0.2, 0) is 16.1 Å². The number of benzene rings is 1. The van der Waals surface area contributed by atoms with E-state index in [2.05, 4.69) is 0 Å². The van der Waals surface area contributed by atoms with Gasteiger partial charge in [0.15, 0.2) is 0 Å². The first-order valence-electron chi connectivity index (χ1n) is 4.55. The molecule has 1 aromatic carbocycles. The molecular weight excluding hydrogens is 234 g/mol. The zero-order chi connectivity index (χ0) is 11.7. The minimum atomic E-state index is -1.25. The number of thioether (sulfide) groups is 1. The third-order valence-corrected chi connectivity index (χ3v) is 3.25. The number of carboxylic acids is 1. The van der Waals surface area contributed by atoms with Crippen molar-refractivity contribution in [1.29, 1.82) is 0 Å². The second-order valence-electron chi connectivity index (χ2n) is 3.30. The van der Waals surface area contributed by atoms with Crippen molar-refractivity contribution < 1.29 is 24.0 Å². The van der Waals surface area contributed by atoms with E-state index in [1.165, 1.54) is 6.07 Å². The van der Waals surface area contributed by atoms with Crippen molar-refractivity contribution in [2.75, 3.05) is 5.75 Å².